The standard InChI is InChI=1S/C24H50OSi2/c1-18(2)21(20-16-15-19(3)17-20)27(23(7,8)9,24(10,11)12)25-26(13,14)22(4,5)6/h19-21H,1,15-17H2,2-14H3/t19-,20+,21-/m1/s1. The highest BCUT2D eigenvalue weighted by Crippen LogP contribution is 2.64. The van der Waals surface area contributed by atoms with Crippen LogP contribution < -0.4 is 0 Å². The average molecular weight is 411 g/mol. The van der Waals surface area contributed by atoms with Gasteiger partial charge in [0.25, 0.3) is 0 Å². The van der Waals surface area contributed by atoms with E-state index in [1.807, 2.05) is 0 Å². The first kappa shape index (κ1) is 25.2. The van der Waals surface area contributed by atoms with Crippen molar-refractivity contribution >= 4 is 16.6 Å². The molecule has 0 heterocycles. The normalized spacial score (nSPS) is 24.2. The van der Waals surface area contributed by atoms with Gasteiger partial charge in [-0.1, -0.05) is 81.2 Å². The second kappa shape index (κ2) is 7.76. The molecule has 1 nitrogen and oxygen atoms in total. The molecule has 0 aromatic carbocycles. The molecule has 1 rings (SSSR count). The minimum absolute atomic E-state index is 0.163. The van der Waals surface area contributed by atoms with Crippen LogP contribution in [0.4, 0.5) is 0 Å². The maximum Gasteiger partial charge on any atom is 0.198 e. The lowest BCUT2D eigenvalue weighted by atomic mass is 9.97. The first-order valence-corrected chi connectivity index (χ1v) is 16.0. The van der Waals surface area contributed by atoms with Crippen LogP contribution in [0, 0.1) is 11.8 Å². The summed E-state index contributed by atoms with van der Waals surface area (Å²) in [4.78, 5) is 0. The SMILES string of the molecule is C=C(C)[C@H]([C@H]1CC[C@@H](C)C1)[Si](O[Si](C)(C)C(C)(C)C)(C(C)(C)C)C(C)(C)C. The second-order valence-corrected chi connectivity index (χ2v) is 23.5. The quantitative estimate of drug-likeness (QED) is 0.324. The summed E-state index contributed by atoms with van der Waals surface area (Å²) in [5, 5.41) is 0.552. The maximum absolute atomic E-state index is 7.71. The fraction of sp³-hybridized carbons (Fsp3) is 0.917. The molecule has 0 spiro atoms. The molecule has 27 heavy (non-hydrogen) atoms. The van der Waals surface area contributed by atoms with Gasteiger partial charge in [-0.2, -0.15) is 0 Å². The van der Waals surface area contributed by atoms with Crippen LogP contribution in [-0.4, -0.2) is 16.6 Å². The van der Waals surface area contributed by atoms with E-state index < -0.39 is 16.6 Å². The molecule has 0 amide bonds. The van der Waals surface area contributed by atoms with Gasteiger partial charge < -0.3 is 4.12 Å². The summed E-state index contributed by atoms with van der Waals surface area (Å²) in [6.45, 7) is 36.2. The Morgan fingerprint density at radius 1 is 0.889 bits per heavy atom. The van der Waals surface area contributed by atoms with E-state index in [-0.39, 0.29) is 15.1 Å². The molecular formula is C24H50OSi2. The molecule has 1 saturated carbocycles. The van der Waals surface area contributed by atoms with Gasteiger partial charge in [-0.25, -0.2) is 0 Å². The van der Waals surface area contributed by atoms with Crippen LogP contribution in [-0.2, 0) is 4.12 Å². The van der Waals surface area contributed by atoms with Crippen molar-refractivity contribution in [2.24, 2.45) is 11.8 Å². The van der Waals surface area contributed by atoms with E-state index in [2.05, 4.69) is 95.8 Å². The summed E-state index contributed by atoms with van der Waals surface area (Å²) in [5.41, 5.74) is 1.92. The van der Waals surface area contributed by atoms with E-state index >= 15 is 0 Å². The Morgan fingerprint density at radius 3 is 1.59 bits per heavy atom. The molecule has 1 fully saturated rings. The molecule has 0 aromatic heterocycles. The van der Waals surface area contributed by atoms with Gasteiger partial charge in [0.15, 0.2) is 16.6 Å². The molecule has 0 aromatic rings. The largest absolute Gasteiger partial charge is 0.454 e. The number of rotatable bonds is 5. The van der Waals surface area contributed by atoms with Crippen molar-refractivity contribution in [3.8, 4) is 0 Å². The van der Waals surface area contributed by atoms with E-state index in [1.54, 1.807) is 0 Å². The van der Waals surface area contributed by atoms with E-state index in [4.69, 9.17) is 4.12 Å². The number of hydrogen-bond donors (Lipinski definition) is 0. The third kappa shape index (κ3) is 4.83. The monoisotopic (exact) mass is 410 g/mol. The Bertz CT molecular complexity index is 514. The topological polar surface area (TPSA) is 9.23 Å². The lowest BCUT2D eigenvalue weighted by molar-refractivity contribution is 0.349. The van der Waals surface area contributed by atoms with Crippen molar-refractivity contribution in [3.63, 3.8) is 0 Å². The van der Waals surface area contributed by atoms with Crippen LogP contribution in [0.25, 0.3) is 0 Å². The second-order valence-electron chi connectivity index (χ2n) is 13.1. The zero-order valence-electron chi connectivity index (χ0n) is 21.0. The summed E-state index contributed by atoms with van der Waals surface area (Å²) in [6, 6.07) is 0. The first-order chi connectivity index (χ1) is 11.8. The highest BCUT2D eigenvalue weighted by molar-refractivity contribution is 6.91. The summed E-state index contributed by atoms with van der Waals surface area (Å²) >= 11 is 0. The lowest BCUT2D eigenvalue weighted by Gasteiger charge is -2.61. The third-order valence-corrected chi connectivity index (χ3v) is 20.9. The summed E-state index contributed by atoms with van der Waals surface area (Å²) < 4.78 is 7.71. The third-order valence-electron chi connectivity index (χ3n) is 7.63. The Balaban J connectivity index is 3.72. The Morgan fingerprint density at radius 2 is 1.33 bits per heavy atom. The van der Waals surface area contributed by atoms with E-state index in [1.165, 1.54) is 24.8 Å². The van der Waals surface area contributed by atoms with Crippen molar-refractivity contribution in [2.45, 2.75) is 129 Å². The first-order valence-electron chi connectivity index (χ1n) is 11.1. The molecule has 1 aliphatic rings. The zero-order valence-corrected chi connectivity index (χ0v) is 23.0. The predicted octanol–water partition coefficient (Wildman–Crippen LogP) is 8.94. The van der Waals surface area contributed by atoms with Crippen LogP contribution in [0.1, 0.15) is 95.4 Å². The van der Waals surface area contributed by atoms with Crippen LogP contribution in [0.15, 0.2) is 12.2 Å². The molecule has 3 atom stereocenters. The number of allylic oxidation sites excluding steroid dienone is 1. The molecule has 0 N–H and O–H groups in total. The Labute approximate surface area is 174 Å². The van der Waals surface area contributed by atoms with Crippen molar-refractivity contribution in [1.82, 2.24) is 0 Å². The molecule has 0 saturated heterocycles. The van der Waals surface area contributed by atoms with Gasteiger partial charge in [0.2, 0.25) is 0 Å². The van der Waals surface area contributed by atoms with E-state index in [9.17, 15) is 0 Å². The van der Waals surface area contributed by atoms with E-state index in [0.29, 0.717) is 5.54 Å². The minimum atomic E-state index is -2.27. The van der Waals surface area contributed by atoms with Crippen LogP contribution in [0.3, 0.4) is 0 Å². The van der Waals surface area contributed by atoms with Gasteiger partial charge >= 0.3 is 0 Å². The maximum atomic E-state index is 7.71. The highest BCUT2D eigenvalue weighted by Gasteiger charge is 2.64. The van der Waals surface area contributed by atoms with Crippen LogP contribution >= 0.6 is 0 Å². The predicted molar refractivity (Wildman–Crippen MR) is 129 cm³/mol. The minimum Gasteiger partial charge on any atom is -0.454 e. The number of hydrogen-bond acceptors (Lipinski definition) is 1. The van der Waals surface area contributed by atoms with Crippen molar-refractivity contribution in [2.75, 3.05) is 0 Å². The fourth-order valence-electron chi connectivity index (χ4n) is 5.62. The summed E-state index contributed by atoms with van der Waals surface area (Å²) in [6.07, 6.45) is 4.06. The van der Waals surface area contributed by atoms with Gasteiger partial charge in [0.05, 0.1) is 0 Å². The smallest absolute Gasteiger partial charge is 0.198 e. The van der Waals surface area contributed by atoms with Crippen molar-refractivity contribution < 1.29 is 4.12 Å². The van der Waals surface area contributed by atoms with Gasteiger partial charge in [-0.3, -0.25) is 0 Å². The highest BCUT2D eigenvalue weighted by atomic mass is 28.4. The molecule has 0 bridgehead atoms. The molecule has 0 unspecified atom stereocenters. The van der Waals surface area contributed by atoms with Crippen LogP contribution in [0.5, 0.6) is 0 Å². The molecule has 0 aliphatic heterocycles. The average Bonchev–Trinajstić information content (AvgIpc) is 2.79. The van der Waals surface area contributed by atoms with Crippen LogP contribution in [0.2, 0.25) is 33.7 Å². The van der Waals surface area contributed by atoms with Crippen molar-refractivity contribution in [1.29, 1.82) is 0 Å². The molecule has 160 valence electrons. The summed E-state index contributed by atoms with van der Waals surface area (Å²) in [5.74, 6) is 1.59. The molecule has 3 heteroatoms. The molecule has 1 aliphatic carbocycles. The van der Waals surface area contributed by atoms with E-state index in [0.717, 1.165) is 11.8 Å². The Hall–Kier alpha value is 0.134. The molecular weight excluding hydrogens is 360 g/mol. The fourth-order valence-corrected chi connectivity index (χ4v) is 18.8. The van der Waals surface area contributed by atoms with Gasteiger partial charge in [0.1, 0.15) is 0 Å². The van der Waals surface area contributed by atoms with Crippen molar-refractivity contribution in [3.05, 3.63) is 12.2 Å². The Kier molecular flexibility index (Phi) is 7.23. The van der Waals surface area contributed by atoms with Gasteiger partial charge in [-0.05, 0) is 59.8 Å². The zero-order chi connectivity index (χ0) is 21.6. The summed E-state index contributed by atoms with van der Waals surface area (Å²) in [7, 11) is -4.18. The van der Waals surface area contributed by atoms with Gasteiger partial charge in [-0.15, -0.1) is 6.58 Å². The van der Waals surface area contributed by atoms with Gasteiger partial charge in [0, 0.05) is 5.54 Å². The molecule has 0 radical (unpaired) electrons. The lowest BCUT2D eigenvalue weighted by Crippen LogP contribution is -2.65.